The molecule has 0 bridgehead atoms. The molecule has 1 aliphatic carbocycles. The molecule has 1 atom stereocenters. The van der Waals surface area contributed by atoms with Gasteiger partial charge in [-0.05, 0) is 49.1 Å². The third-order valence-electron chi connectivity index (χ3n) is 5.71. The van der Waals surface area contributed by atoms with Gasteiger partial charge in [0.2, 0.25) is 0 Å². The van der Waals surface area contributed by atoms with Crippen LogP contribution in [0.3, 0.4) is 0 Å². The number of hydrogen-bond donors (Lipinski definition) is 2. The summed E-state index contributed by atoms with van der Waals surface area (Å²) < 4.78 is 1.97. The van der Waals surface area contributed by atoms with Crippen molar-refractivity contribution in [1.82, 2.24) is 25.4 Å². The molecule has 148 valence electrons. The van der Waals surface area contributed by atoms with Gasteiger partial charge in [-0.3, -0.25) is 4.90 Å². The van der Waals surface area contributed by atoms with Crippen LogP contribution in [0.15, 0.2) is 54.9 Å². The fourth-order valence-corrected chi connectivity index (χ4v) is 4.20. The van der Waals surface area contributed by atoms with E-state index in [2.05, 4.69) is 32.8 Å². The maximum Gasteiger partial charge on any atom is 0.321 e. The van der Waals surface area contributed by atoms with Crippen molar-refractivity contribution < 1.29 is 4.79 Å². The van der Waals surface area contributed by atoms with Gasteiger partial charge in [-0.15, -0.1) is 0 Å². The Labute approximate surface area is 169 Å². The smallest absolute Gasteiger partial charge is 0.321 e. The monoisotopic (exact) mass is 388 g/mol. The highest BCUT2D eigenvalue weighted by Gasteiger charge is 2.25. The van der Waals surface area contributed by atoms with E-state index in [1.54, 1.807) is 11.1 Å². The number of hydrogen-bond acceptors (Lipinski definition) is 4. The quantitative estimate of drug-likeness (QED) is 0.705. The van der Waals surface area contributed by atoms with Crippen LogP contribution in [0.1, 0.15) is 35.7 Å². The average Bonchev–Trinajstić information content (AvgIpc) is 3.40. The first-order chi connectivity index (χ1) is 14.3. The zero-order valence-corrected chi connectivity index (χ0v) is 16.2. The number of carbonyl (C=O) groups excluding carboxylic acids is 1. The summed E-state index contributed by atoms with van der Waals surface area (Å²) in [6.45, 7) is 2.21. The first-order valence-electron chi connectivity index (χ1n) is 10.2. The minimum Gasteiger partial charge on any atom is -0.336 e. The number of urea groups is 1. The molecule has 1 unspecified atom stereocenters. The number of benzene rings is 1. The van der Waals surface area contributed by atoms with E-state index in [9.17, 15) is 4.79 Å². The van der Waals surface area contributed by atoms with E-state index in [1.807, 2.05) is 41.2 Å². The summed E-state index contributed by atoms with van der Waals surface area (Å²) in [4.78, 5) is 18.0. The third-order valence-corrected chi connectivity index (χ3v) is 5.71. The van der Waals surface area contributed by atoms with Gasteiger partial charge in [0.05, 0.1) is 11.9 Å². The Morgan fingerprint density at radius 1 is 1.17 bits per heavy atom. The molecule has 1 saturated heterocycles. The van der Waals surface area contributed by atoms with E-state index in [0.29, 0.717) is 12.6 Å². The van der Waals surface area contributed by atoms with Crippen molar-refractivity contribution in [2.75, 3.05) is 18.0 Å². The highest BCUT2D eigenvalue weighted by atomic mass is 16.2. The normalized spacial score (nSPS) is 18.6. The van der Waals surface area contributed by atoms with Crippen molar-refractivity contribution in [1.29, 1.82) is 0 Å². The first-order valence-corrected chi connectivity index (χ1v) is 10.2. The van der Waals surface area contributed by atoms with Gasteiger partial charge < -0.3 is 10.6 Å². The number of pyridine rings is 1. The lowest BCUT2D eigenvalue weighted by molar-refractivity contribution is 0.252. The van der Waals surface area contributed by atoms with Gasteiger partial charge in [-0.2, -0.15) is 5.10 Å². The maximum absolute atomic E-state index is 11.8. The number of rotatable bonds is 5. The third kappa shape index (κ3) is 3.49. The molecule has 3 heterocycles. The van der Waals surface area contributed by atoms with E-state index in [-0.39, 0.29) is 6.03 Å². The molecule has 1 fully saturated rings. The second kappa shape index (κ2) is 7.67. The molecule has 0 radical (unpaired) electrons. The van der Waals surface area contributed by atoms with Crippen LogP contribution in [0, 0.1) is 0 Å². The van der Waals surface area contributed by atoms with E-state index in [1.165, 1.54) is 16.8 Å². The van der Waals surface area contributed by atoms with Gasteiger partial charge in [-0.25, -0.2) is 14.5 Å². The molecule has 3 aromatic rings. The molecule has 0 spiro atoms. The van der Waals surface area contributed by atoms with Crippen LogP contribution in [0.4, 0.5) is 10.5 Å². The van der Waals surface area contributed by atoms with Crippen LogP contribution in [0.25, 0.3) is 5.82 Å². The van der Waals surface area contributed by atoms with Crippen molar-refractivity contribution in [2.24, 2.45) is 0 Å². The highest BCUT2D eigenvalue weighted by molar-refractivity contribution is 5.93. The number of nitrogens with zero attached hydrogens (tertiary/aromatic N) is 4. The van der Waals surface area contributed by atoms with Crippen molar-refractivity contribution in [3.05, 3.63) is 71.7 Å². The fourth-order valence-electron chi connectivity index (χ4n) is 4.20. The van der Waals surface area contributed by atoms with Crippen LogP contribution in [0.5, 0.6) is 0 Å². The second-order valence-electron chi connectivity index (χ2n) is 7.52. The number of nitrogens with one attached hydrogen (secondary N) is 2. The molecule has 1 aromatic carbocycles. The van der Waals surface area contributed by atoms with Crippen LogP contribution < -0.4 is 15.5 Å². The van der Waals surface area contributed by atoms with Gasteiger partial charge in [-0.1, -0.05) is 18.2 Å². The molecule has 2 aromatic heterocycles. The molecule has 2 amide bonds. The first kappa shape index (κ1) is 17.9. The zero-order chi connectivity index (χ0) is 19.6. The van der Waals surface area contributed by atoms with Gasteiger partial charge >= 0.3 is 6.03 Å². The number of aromatic nitrogens is 3. The van der Waals surface area contributed by atoms with Gasteiger partial charge in [0.15, 0.2) is 5.82 Å². The lowest BCUT2D eigenvalue weighted by atomic mass is 9.92. The molecule has 29 heavy (non-hydrogen) atoms. The van der Waals surface area contributed by atoms with E-state index in [4.69, 9.17) is 0 Å². The highest BCUT2D eigenvalue weighted by Crippen LogP contribution is 2.31. The summed E-state index contributed by atoms with van der Waals surface area (Å²) >= 11 is 0. The molecule has 2 N–H and O–H groups in total. The van der Waals surface area contributed by atoms with E-state index in [0.717, 1.165) is 43.9 Å². The molecular weight excluding hydrogens is 364 g/mol. The number of carbonyl (C=O) groups is 1. The SMILES string of the molecule is O=C1NCCN1c1ccc(CNC2CCCc3c2cnn3-c2ccccn2)cc1. The minimum atomic E-state index is -0.0180. The fraction of sp³-hybridized carbons (Fsp3) is 0.318. The van der Waals surface area contributed by atoms with Gasteiger partial charge in [0.1, 0.15) is 0 Å². The average molecular weight is 388 g/mol. The number of amides is 2. The Kier molecular flexibility index (Phi) is 4.73. The Morgan fingerprint density at radius 3 is 2.83 bits per heavy atom. The Bertz CT molecular complexity index is 998. The lowest BCUT2D eigenvalue weighted by Crippen LogP contribution is -2.27. The molecule has 7 nitrogen and oxygen atoms in total. The predicted molar refractivity (Wildman–Crippen MR) is 111 cm³/mol. The maximum atomic E-state index is 11.8. The van der Waals surface area contributed by atoms with Crippen molar-refractivity contribution >= 4 is 11.7 Å². The summed E-state index contributed by atoms with van der Waals surface area (Å²) in [5.74, 6) is 0.871. The summed E-state index contributed by atoms with van der Waals surface area (Å²) in [5.41, 5.74) is 4.67. The van der Waals surface area contributed by atoms with Crippen molar-refractivity contribution in [3.8, 4) is 5.82 Å². The Morgan fingerprint density at radius 2 is 2.07 bits per heavy atom. The predicted octanol–water partition coefficient (Wildman–Crippen LogP) is 2.96. The largest absolute Gasteiger partial charge is 0.336 e. The molecule has 7 heteroatoms. The number of fused-ring (bicyclic) bond motifs is 1. The van der Waals surface area contributed by atoms with E-state index >= 15 is 0 Å². The van der Waals surface area contributed by atoms with Crippen LogP contribution >= 0.6 is 0 Å². The van der Waals surface area contributed by atoms with Crippen molar-refractivity contribution in [3.63, 3.8) is 0 Å². The zero-order valence-electron chi connectivity index (χ0n) is 16.2. The molecule has 2 aliphatic rings. The summed E-state index contributed by atoms with van der Waals surface area (Å²) in [5, 5.41) is 11.1. The Hall–Kier alpha value is -3.19. The summed E-state index contributed by atoms with van der Waals surface area (Å²) in [7, 11) is 0. The molecule has 1 aliphatic heterocycles. The summed E-state index contributed by atoms with van der Waals surface area (Å²) in [6, 6.07) is 14.4. The molecule has 5 rings (SSSR count). The Balaban J connectivity index is 1.28. The van der Waals surface area contributed by atoms with Crippen molar-refractivity contribution in [2.45, 2.75) is 31.8 Å². The lowest BCUT2D eigenvalue weighted by Gasteiger charge is -2.24. The topological polar surface area (TPSA) is 75.1 Å². The summed E-state index contributed by atoms with van der Waals surface area (Å²) in [6.07, 6.45) is 7.04. The van der Waals surface area contributed by atoms with Crippen LogP contribution in [-0.4, -0.2) is 33.9 Å². The van der Waals surface area contributed by atoms with Crippen LogP contribution in [-0.2, 0) is 13.0 Å². The van der Waals surface area contributed by atoms with Crippen LogP contribution in [0.2, 0.25) is 0 Å². The molecular formula is C22H24N6O. The van der Waals surface area contributed by atoms with E-state index < -0.39 is 0 Å². The van der Waals surface area contributed by atoms with Gasteiger partial charge in [0.25, 0.3) is 0 Å². The standard InChI is InChI=1S/C22H24N6O/c29-22-24-12-13-27(22)17-9-7-16(8-10-17)14-25-19-4-3-5-20-18(19)15-26-28(20)21-6-1-2-11-23-21/h1-2,6-11,15,19,25H,3-5,12-14H2,(H,24,29). The second-order valence-corrected chi connectivity index (χ2v) is 7.52. The molecule has 0 saturated carbocycles. The van der Waals surface area contributed by atoms with Gasteiger partial charge in [0, 0.05) is 43.1 Å². The minimum absolute atomic E-state index is 0.0180. The number of anilines is 1.